The molecule has 1 spiro atoms. The molecule has 0 amide bonds. The summed E-state index contributed by atoms with van der Waals surface area (Å²) in [6.07, 6.45) is 1.87. The Morgan fingerprint density at radius 1 is 1.32 bits per heavy atom. The zero-order valence-corrected chi connectivity index (χ0v) is 16.1. The lowest BCUT2D eigenvalue weighted by molar-refractivity contribution is -0.141. The van der Waals surface area contributed by atoms with Gasteiger partial charge < -0.3 is 5.11 Å². The summed E-state index contributed by atoms with van der Waals surface area (Å²) in [7, 11) is -0.278. The maximum atomic E-state index is 13.0. The molecule has 0 radical (unpaired) electrons. The van der Waals surface area contributed by atoms with Crippen LogP contribution in [-0.4, -0.2) is 71.2 Å². The molecule has 25 heavy (non-hydrogen) atoms. The van der Waals surface area contributed by atoms with E-state index in [2.05, 4.69) is 5.10 Å². The number of hydrogen-bond donors (Lipinski definition) is 1. The van der Waals surface area contributed by atoms with Gasteiger partial charge in [0.05, 0.1) is 5.69 Å². The third-order valence-corrected chi connectivity index (χ3v) is 8.10. The normalized spacial score (nSPS) is 24.9. The highest BCUT2D eigenvalue weighted by molar-refractivity contribution is 7.89. The van der Waals surface area contributed by atoms with Crippen molar-refractivity contribution in [3.05, 3.63) is 10.8 Å². The van der Waals surface area contributed by atoms with Crippen LogP contribution in [0, 0.1) is 12.3 Å². The molecule has 2 fully saturated rings. The number of aryl methyl sites for hydroxylation is 2. The number of nitrogens with zero attached hydrogens (tertiary/aromatic N) is 4. The van der Waals surface area contributed by atoms with Crippen LogP contribution in [0.25, 0.3) is 0 Å². The van der Waals surface area contributed by atoms with E-state index in [1.54, 1.807) is 14.0 Å². The Balaban J connectivity index is 1.77. The van der Waals surface area contributed by atoms with Crippen LogP contribution in [-0.2, 0) is 21.9 Å². The van der Waals surface area contributed by atoms with Gasteiger partial charge in [-0.05, 0) is 38.6 Å². The number of rotatable bonds is 3. The standard InChI is InChI=1S/C15H23ClN4O4S/c1-10-12(13(16)19(3)17-10)25(23,24)20-6-4-15(5-7-20)8-11(14(21)22)18(2)9-15/h11H,4-9H2,1-3H3,(H,21,22). The molecule has 0 aromatic carbocycles. The third kappa shape index (κ3) is 3.07. The lowest BCUT2D eigenvalue weighted by Gasteiger charge is -2.38. The van der Waals surface area contributed by atoms with Crippen molar-refractivity contribution in [3.8, 4) is 0 Å². The number of carboxylic acids is 1. The minimum atomic E-state index is -3.70. The average molecular weight is 391 g/mol. The van der Waals surface area contributed by atoms with E-state index < -0.39 is 22.0 Å². The van der Waals surface area contributed by atoms with Gasteiger partial charge >= 0.3 is 5.97 Å². The highest BCUT2D eigenvalue weighted by Gasteiger charge is 2.48. The predicted molar refractivity (Wildman–Crippen MR) is 92.1 cm³/mol. The molecule has 2 saturated heterocycles. The van der Waals surface area contributed by atoms with Crippen molar-refractivity contribution in [2.24, 2.45) is 12.5 Å². The fourth-order valence-electron chi connectivity index (χ4n) is 4.14. The Bertz CT molecular complexity index is 799. The van der Waals surface area contributed by atoms with E-state index in [0.29, 0.717) is 44.6 Å². The van der Waals surface area contributed by atoms with Crippen molar-refractivity contribution >= 4 is 27.6 Å². The molecule has 1 atom stereocenters. The number of carboxylic acid groups (broad SMARTS) is 1. The maximum Gasteiger partial charge on any atom is 0.320 e. The first-order valence-electron chi connectivity index (χ1n) is 8.20. The van der Waals surface area contributed by atoms with Gasteiger partial charge in [0.1, 0.15) is 16.1 Å². The van der Waals surface area contributed by atoms with Gasteiger partial charge in [-0.2, -0.15) is 9.40 Å². The van der Waals surface area contributed by atoms with Crippen LogP contribution in [0.3, 0.4) is 0 Å². The SMILES string of the molecule is Cc1nn(C)c(Cl)c1S(=O)(=O)N1CCC2(CC1)CC(C(=O)O)N(C)C2. The maximum absolute atomic E-state index is 13.0. The van der Waals surface area contributed by atoms with E-state index >= 15 is 0 Å². The van der Waals surface area contributed by atoms with Crippen LogP contribution in [0.4, 0.5) is 0 Å². The smallest absolute Gasteiger partial charge is 0.320 e. The van der Waals surface area contributed by atoms with Crippen LogP contribution in [0.1, 0.15) is 25.0 Å². The zero-order chi connectivity index (χ0) is 18.6. The highest BCUT2D eigenvalue weighted by Crippen LogP contribution is 2.44. The Morgan fingerprint density at radius 3 is 2.36 bits per heavy atom. The summed E-state index contributed by atoms with van der Waals surface area (Å²) in [5.74, 6) is -0.813. The van der Waals surface area contributed by atoms with E-state index in [1.807, 2.05) is 11.9 Å². The van der Waals surface area contributed by atoms with Crippen molar-refractivity contribution in [1.82, 2.24) is 19.0 Å². The van der Waals surface area contributed by atoms with Crippen molar-refractivity contribution < 1.29 is 18.3 Å². The Kier molecular flexibility index (Phi) is 4.64. The molecule has 0 bridgehead atoms. The van der Waals surface area contributed by atoms with Gasteiger partial charge in [-0.1, -0.05) is 11.6 Å². The Morgan fingerprint density at radius 2 is 1.92 bits per heavy atom. The van der Waals surface area contributed by atoms with Crippen molar-refractivity contribution in [2.75, 3.05) is 26.7 Å². The lowest BCUT2D eigenvalue weighted by Crippen LogP contribution is -2.44. The molecule has 3 heterocycles. The molecular formula is C15H23ClN4O4S. The Labute approximate surface area is 152 Å². The van der Waals surface area contributed by atoms with Gasteiger partial charge in [0, 0.05) is 26.7 Å². The molecule has 1 aromatic heterocycles. The molecule has 140 valence electrons. The number of hydrogen-bond acceptors (Lipinski definition) is 5. The monoisotopic (exact) mass is 390 g/mol. The number of likely N-dealkylation sites (tertiary alicyclic amines) is 1. The molecule has 1 unspecified atom stereocenters. The number of aliphatic carboxylic acids is 1. The first-order valence-corrected chi connectivity index (χ1v) is 10.0. The fraction of sp³-hybridized carbons (Fsp3) is 0.733. The number of piperidine rings is 1. The van der Waals surface area contributed by atoms with E-state index in [1.165, 1.54) is 8.99 Å². The zero-order valence-electron chi connectivity index (χ0n) is 14.6. The molecular weight excluding hydrogens is 368 g/mol. The first kappa shape index (κ1) is 18.6. The van der Waals surface area contributed by atoms with Crippen molar-refractivity contribution in [3.63, 3.8) is 0 Å². The minimum absolute atomic E-state index is 0.0690. The summed E-state index contributed by atoms with van der Waals surface area (Å²) in [4.78, 5) is 13.3. The number of carbonyl (C=O) groups is 1. The molecule has 8 nitrogen and oxygen atoms in total. The molecule has 3 rings (SSSR count). The van der Waals surface area contributed by atoms with E-state index in [-0.39, 0.29) is 15.5 Å². The van der Waals surface area contributed by atoms with Crippen molar-refractivity contribution in [2.45, 2.75) is 37.1 Å². The summed E-state index contributed by atoms with van der Waals surface area (Å²) in [6, 6.07) is -0.488. The summed E-state index contributed by atoms with van der Waals surface area (Å²) in [5.41, 5.74) is 0.261. The van der Waals surface area contributed by atoms with Crippen LogP contribution >= 0.6 is 11.6 Å². The number of aromatic nitrogens is 2. The van der Waals surface area contributed by atoms with Gasteiger partial charge in [-0.15, -0.1) is 0 Å². The number of likely N-dealkylation sites (N-methyl/N-ethyl adjacent to an activating group) is 1. The number of sulfonamides is 1. The minimum Gasteiger partial charge on any atom is -0.480 e. The van der Waals surface area contributed by atoms with Gasteiger partial charge in [0.2, 0.25) is 10.0 Å². The highest BCUT2D eigenvalue weighted by atomic mass is 35.5. The summed E-state index contributed by atoms with van der Waals surface area (Å²) in [5, 5.41) is 13.5. The van der Waals surface area contributed by atoms with Gasteiger partial charge in [-0.3, -0.25) is 14.4 Å². The van der Waals surface area contributed by atoms with Gasteiger partial charge in [-0.25, -0.2) is 8.42 Å². The fourth-order valence-corrected chi connectivity index (χ4v) is 6.29. The topological polar surface area (TPSA) is 95.7 Å². The second-order valence-electron chi connectivity index (χ2n) is 7.21. The third-order valence-electron chi connectivity index (χ3n) is 5.51. The van der Waals surface area contributed by atoms with Gasteiger partial charge in [0.15, 0.2) is 0 Å². The molecule has 0 aliphatic carbocycles. The van der Waals surface area contributed by atoms with Crippen LogP contribution in [0.15, 0.2) is 4.90 Å². The van der Waals surface area contributed by atoms with Gasteiger partial charge in [0.25, 0.3) is 0 Å². The predicted octanol–water partition coefficient (Wildman–Crippen LogP) is 0.942. The quantitative estimate of drug-likeness (QED) is 0.825. The van der Waals surface area contributed by atoms with Crippen LogP contribution in [0.2, 0.25) is 5.15 Å². The summed E-state index contributed by atoms with van der Waals surface area (Å²) in [6.45, 7) is 3.05. The second-order valence-corrected chi connectivity index (χ2v) is 9.44. The largest absolute Gasteiger partial charge is 0.480 e. The van der Waals surface area contributed by atoms with Crippen LogP contribution in [0.5, 0.6) is 0 Å². The average Bonchev–Trinajstić information content (AvgIpc) is 2.97. The molecule has 10 heteroatoms. The molecule has 2 aliphatic rings. The van der Waals surface area contributed by atoms with Crippen LogP contribution < -0.4 is 0 Å². The summed E-state index contributed by atoms with van der Waals surface area (Å²) < 4.78 is 28.7. The summed E-state index contributed by atoms with van der Waals surface area (Å²) >= 11 is 6.13. The van der Waals surface area contributed by atoms with E-state index in [4.69, 9.17) is 11.6 Å². The van der Waals surface area contributed by atoms with Crippen molar-refractivity contribution in [1.29, 1.82) is 0 Å². The van der Waals surface area contributed by atoms with E-state index in [9.17, 15) is 18.3 Å². The Hall–Kier alpha value is -1.16. The first-order chi connectivity index (χ1) is 11.6. The molecule has 1 aromatic rings. The molecule has 0 saturated carbocycles. The van der Waals surface area contributed by atoms with E-state index in [0.717, 1.165) is 0 Å². The number of halogens is 1. The lowest BCUT2D eigenvalue weighted by atomic mass is 9.77. The molecule has 2 aliphatic heterocycles. The second kappa shape index (κ2) is 6.22. The molecule has 1 N–H and O–H groups in total.